The van der Waals surface area contributed by atoms with E-state index in [4.69, 9.17) is 0 Å². The van der Waals surface area contributed by atoms with Gasteiger partial charge in [0.2, 0.25) is 5.91 Å². The van der Waals surface area contributed by atoms with Crippen molar-refractivity contribution in [1.82, 2.24) is 4.90 Å². The molecule has 0 saturated carbocycles. The highest BCUT2D eigenvalue weighted by Gasteiger charge is 2.36. The van der Waals surface area contributed by atoms with Crippen molar-refractivity contribution in [3.63, 3.8) is 0 Å². The van der Waals surface area contributed by atoms with Crippen molar-refractivity contribution in [1.29, 1.82) is 0 Å². The second kappa shape index (κ2) is 3.32. The molecule has 0 bridgehead atoms. The average molecular weight is 181 g/mol. The Morgan fingerprint density at radius 1 is 1.54 bits per heavy atom. The Labute approximate surface area is 78.4 Å². The van der Waals surface area contributed by atoms with Crippen LogP contribution in [0.25, 0.3) is 0 Å². The Morgan fingerprint density at radius 3 is 2.38 bits per heavy atom. The van der Waals surface area contributed by atoms with Gasteiger partial charge in [0.15, 0.2) is 5.78 Å². The highest BCUT2D eigenvalue weighted by atomic mass is 16.2. The third-order valence-electron chi connectivity index (χ3n) is 2.66. The summed E-state index contributed by atoms with van der Waals surface area (Å²) in [6, 6.07) is 0. The smallest absolute Gasteiger partial charge is 0.234 e. The Morgan fingerprint density at radius 2 is 2.08 bits per heavy atom. The summed E-state index contributed by atoms with van der Waals surface area (Å²) >= 11 is 0. The zero-order valence-electron chi connectivity index (χ0n) is 8.55. The lowest BCUT2D eigenvalue weighted by Crippen LogP contribution is -2.24. The number of carbonyl (C=O) groups is 2. The number of rotatable bonds is 2. The second-order valence-electron chi connectivity index (χ2n) is 3.41. The number of carbonyl (C=O) groups excluding carboxylic acids is 2. The molecule has 0 radical (unpaired) electrons. The summed E-state index contributed by atoms with van der Waals surface area (Å²) in [5.74, 6) is -0.144. The molecule has 1 atom stereocenters. The molecule has 1 aliphatic rings. The summed E-state index contributed by atoms with van der Waals surface area (Å²) in [6.45, 7) is 5.27. The Hall–Kier alpha value is -1.12. The molecule has 1 heterocycles. The Bertz CT molecular complexity index is 291. The zero-order valence-corrected chi connectivity index (χ0v) is 8.55. The van der Waals surface area contributed by atoms with Gasteiger partial charge in [-0.2, -0.15) is 0 Å². The highest BCUT2D eigenvalue weighted by molar-refractivity contribution is 6.04. The van der Waals surface area contributed by atoms with E-state index < -0.39 is 0 Å². The van der Waals surface area contributed by atoms with Crippen LogP contribution in [0.2, 0.25) is 0 Å². The van der Waals surface area contributed by atoms with E-state index >= 15 is 0 Å². The first kappa shape index (κ1) is 9.96. The molecular formula is C10H15NO2. The van der Waals surface area contributed by atoms with Gasteiger partial charge in [0.25, 0.3) is 0 Å². The molecule has 0 fully saturated rings. The van der Waals surface area contributed by atoms with Crippen LogP contribution in [0.3, 0.4) is 0 Å². The summed E-state index contributed by atoms with van der Waals surface area (Å²) in [5, 5.41) is 0. The molecule has 0 aromatic rings. The predicted octanol–water partition coefficient (Wildman–Crippen LogP) is 1.35. The third-order valence-corrected chi connectivity index (χ3v) is 2.66. The predicted molar refractivity (Wildman–Crippen MR) is 49.9 cm³/mol. The van der Waals surface area contributed by atoms with E-state index in [1.807, 2.05) is 13.8 Å². The maximum Gasteiger partial charge on any atom is 0.234 e. The van der Waals surface area contributed by atoms with Gasteiger partial charge in [-0.05, 0) is 20.3 Å². The molecule has 0 aromatic heterocycles. The van der Waals surface area contributed by atoms with Crippen molar-refractivity contribution in [2.24, 2.45) is 5.92 Å². The van der Waals surface area contributed by atoms with Gasteiger partial charge in [0, 0.05) is 18.3 Å². The summed E-state index contributed by atoms with van der Waals surface area (Å²) in [4.78, 5) is 24.4. The van der Waals surface area contributed by atoms with Crippen LogP contribution in [0.4, 0.5) is 0 Å². The van der Waals surface area contributed by atoms with Crippen LogP contribution in [-0.2, 0) is 9.59 Å². The van der Waals surface area contributed by atoms with E-state index in [1.54, 1.807) is 11.9 Å². The van der Waals surface area contributed by atoms with Crippen molar-refractivity contribution in [2.75, 3.05) is 7.05 Å². The monoisotopic (exact) mass is 181 g/mol. The number of Topliss-reactive ketones (excluding diaryl/α,β-unsaturated/α-hetero) is 1. The lowest BCUT2D eigenvalue weighted by atomic mass is 9.95. The molecule has 0 N–H and O–H groups in total. The molecule has 1 unspecified atom stereocenters. The normalized spacial score (nSPS) is 22.9. The second-order valence-corrected chi connectivity index (χ2v) is 3.41. The number of hydrogen-bond acceptors (Lipinski definition) is 2. The summed E-state index contributed by atoms with van der Waals surface area (Å²) in [6.07, 6.45) is 0.704. The first-order valence-corrected chi connectivity index (χ1v) is 4.50. The molecule has 0 aliphatic carbocycles. The lowest BCUT2D eigenvalue weighted by molar-refractivity contribution is -0.130. The minimum absolute atomic E-state index is 0.0158. The molecule has 0 saturated heterocycles. The maximum absolute atomic E-state index is 11.6. The number of nitrogens with zero attached hydrogens (tertiary/aromatic N) is 1. The van der Waals surface area contributed by atoms with Crippen LogP contribution in [0.5, 0.6) is 0 Å². The fourth-order valence-corrected chi connectivity index (χ4v) is 1.83. The van der Waals surface area contributed by atoms with Gasteiger partial charge in [-0.25, -0.2) is 0 Å². The van der Waals surface area contributed by atoms with E-state index in [1.165, 1.54) is 6.92 Å². The standard InChI is InChI=1S/C10H15NO2/c1-5-8-9(7(3)12)6(2)11(4)10(8)13/h8H,5H2,1-4H3. The Balaban J connectivity index is 3.13. The van der Waals surface area contributed by atoms with E-state index in [-0.39, 0.29) is 17.6 Å². The number of hydrogen-bond donors (Lipinski definition) is 0. The van der Waals surface area contributed by atoms with Crippen LogP contribution >= 0.6 is 0 Å². The van der Waals surface area contributed by atoms with Crippen molar-refractivity contribution in [3.05, 3.63) is 11.3 Å². The maximum atomic E-state index is 11.6. The first-order chi connectivity index (χ1) is 6.00. The van der Waals surface area contributed by atoms with Crippen LogP contribution in [0.1, 0.15) is 27.2 Å². The third kappa shape index (κ3) is 1.39. The van der Waals surface area contributed by atoms with Gasteiger partial charge in [0.1, 0.15) is 0 Å². The van der Waals surface area contributed by atoms with Gasteiger partial charge in [-0.15, -0.1) is 0 Å². The fourth-order valence-electron chi connectivity index (χ4n) is 1.83. The molecule has 0 spiro atoms. The summed E-state index contributed by atoms with van der Waals surface area (Å²) in [7, 11) is 1.72. The molecule has 72 valence electrons. The van der Waals surface area contributed by atoms with Crippen molar-refractivity contribution in [2.45, 2.75) is 27.2 Å². The molecule has 3 nitrogen and oxygen atoms in total. The van der Waals surface area contributed by atoms with E-state index in [0.717, 1.165) is 5.70 Å². The van der Waals surface area contributed by atoms with Crippen LogP contribution in [-0.4, -0.2) is 23.6 Å². The fraction of sp³-hybridized carbons (Fsp3) is 0.600. The average Bonchev–Trinajstić information content (AvgIpc) is 2.29. The topological polar surface area (TPSA) is 37.4 Å². The number of ketones is 1. The van der Waals surface area contributed by atoms with Gasteiger partial charge >= 0.3 is 0 Å². The number of allylic oxidation sites excluding steroid dienone is 1. The van der Waals surface area contributed by atoms with Gasteiger partial charge < -0.3 is 4.90 Å². The quantitative estimate of drug-likeness (QED) is 0.644. The van der Waals surface area contributed by atoms with E-state index in [9.17, 15) is 9.59 Å². The molecule has 13 heavy (non-hydrogen) atoms. The molecule has 3 heteroatoms. The van der Waals surface area contributed by atoms with Crippen LogP contribution in [0.15, 0.2) is 11.3 Å². The van der Waals surface area contributed by atoms with Gasteiger partial charge in [-0.1, -0.05) is 6.92 Å². The van der Waals surface area contributed by atoms with E-state index in [2.05, 4.69) is 0 Å². The lowest BCUT2D eigenvalue weighted by Gasteiger charge is -2.10. The van der Waals surface area contributed by atoms with Gasteiger partial charge in [-0.3, -0.25) is 9.59 Å². The molecular weight excluding hydrogens is 166 g/mol. The minimum Gasteiger partial charge on any atom is -0.319 e. The zero-order chi connectivity index (χ0) is 10.2. The summed E-state index contributed by atoms with van der Waals surface area (Å²) < 4.78 is 0. The molecule has 0 aromatic carbocycles. The first-order valence-electron chi connectivity index (χ1n) is 4.50. The van der Waals surface area contributed by atoms with Crippen molar-refractivity contribution in [3.8, 4) is 0 Å². The van der Waals surface area contributed by atoms with Crippen molar-refractivity contribution < 1.29 is 9.59 Å². The minimum atomic E-state index is -0.206. The molecule has 1 rings (SSSR count). The largest absolute Gasteiger partial charge is 0.319 e. The number of amides is 1. The van der Waals surface area contributed by atoms with Crippen LogP contribution in [0, 0.1) is 5.92 Å². The molecule has 1 amide bonds. The summed E-state index contributed by atoms with van der Waals surface area (Å²) in [5.41, 5.74) is 1.50. The van der Waals surface area contributed by atoms with Crippen LogP contribution < -0.4 is 0 Å². The highest BCUT2D eigenvalue weighted by Crippen LogP contribution is 2.30. The van der Waals surface area contributed by atoms with E-state index in [0.29, 0.717) is 12.0 Å². The SMILES string of the molecule is CCC1C(=O)N(C)C(C)=C1C(C)=O. The van der Waals surface area contributed by atoms with Gasteiger partial charge in [0.05, 0.1) is 5.92 Å². The van der Waals surface area contributed by atoms with Crippen molar-refractivity contribution >= 4 is 11.7 Å². The Kier molecular flexibility index (Phi) is 2.55. The molecule has 1 aliphatic heterocycles.